The summed E-state index contributed by atoms with van der Waals surface area (Å²) >= 11 is 0. The smallest absolute Gasteiger partial charge is 0.387 e. The number of halogens is 3. The maximum Gasteiger partial charge on any atom is 0.387 e. The van der Waals surface area contributed by atoms with E-state index in [9.17, 15) is 27.6 Å². The summed E-state index contributed by atoms with van der Waals surface area (Å²) < 4.78 is 47.4. The zero-order chi connectivity index (χ0) is 24.2. The molecule has 0 radical (unpaired) electrons. The number of rotatable bonds is 9. The minimum Gasteiger partial charge on any atom is -0.493 e. The molecule has 0 unspecified atom stereocenters. The van der Waals surface area contributed by atoms with E-state index in [0.29, 0.717) is 17.5 Å². The third-order valence-corrected chi connectivity index (χ3v) is 5.18. The molecule has 3 rings (SSSR count). The van der Waals surface area contributed by atoms with Crippen molar-refractivity contribution in [3.63, 3.8) is 0 Å². The lowest BCUT2D eigenvalue weighted by Crippen LogP contribution is -2.43. The highest BCUT2D eigenvalue weighted by Gasteiger charge is 2.49. The fourth-order valence-electron chi connectivity index (χ4n) is 3.43. The molecule has 0 saturated carbocycles. The number of hydrogen-bond donors (Lipinski definition) is 2. The first kappa shape index (κ1) is 23.9. The Balaban J connectivity index is 1.56. The summed E-state index contributed by atoms with van der Waals surface area (Å²) in [6.45, 7) is -1.84. The van der Waals surface area contributed by atoms with Crippen LogP contribution in [0.15, 0.2) is 42.5 Å². The molecule has 0 bridgehead atoms. The number of nitrogens with one attached hydrogen (secondary N) is 2. The van der Waals surface area contributed by atoms with Gasteiger partial charge in [0.1, 0.15) is 17.9 Å². The van der Waals surface area contributed by atoms with E-state index in [1.165, 1.54) is 50.4 Å². The summed E-state index contributed by atoms with van der Waals surface area (Å²) in [5.74, 6) is -1.66. The van der Waals surface area contributed by atoms with Gasteiger partial charge in [0.05, 0.1) is 7.11 Å². The van der Waals surface area contributed by atoms with Gasteiger partial charge in [-0.2, -0.15) is 8.78 Å². The molecule has 1 atom stereocenters. The van der Waals surface area contributed by atoms with Crippen molar-refractivity contribution < 1.29 is 37.0 Å². The van der Waals surface area contributed by atoms with Crippen LogP contribution in [0.25, 0.3) is 0 Å². The predicted octanol–water partition coefficient (Wildman–Crippen LogP) is 2.56. The molecule has 2 N–H and O–H groups in total. The van der Waals surface area contributed by atoms with Crippen molar-refractivity contribution >= 4 is 17.8 Å². The second-order valence-corrected chi connectivity index (χ2v) is 7.42. The summed E-state index contributed by atoms with van der Waals surface area (Å²) in [5.41, 5.74) is -0.338. The van der Waals surface area contributed by atoms with Gasteiger partial charge in [0.25, 0.3) is 5.91 Å². The number of alkyl halides is 2. The summed E-state index contributed by atoms with van der Waals surface area (Å²) in [6, 6.07) is 8.80. The molecule has 1 saturated heterocycles. The van der Waals surface area contributed by atoms with Crippen LogP contribution in [0, 0.1) is 5.82 Å². The van der Waals surface area contributed by atoms with Crippen molar-refractivity contribution in [2.24, 2.45) is 0 Å². The Labute approximate surface area is 187 Å². The lowest BCUT2D eigenvalue weighted by Gasteiger charge is -2.22. The van der Waals surface area contributed by atoms with E-state index in [1.807, 2.05) is 0 Å². The van der Waals surface area contributed by atoms with Gasteiger partial charge in [-0.05, 0) is 48.7 Å². The summed E-state index contributed by atoms with van der Waals surface area (Å²) in [6.07, 6.45) is 0.338. The molecule has 0 aromatic heterocycles. The summed E-state index contributed by atoms with van der Waals surface area (Å²) in [4.78, 5) is 38.2. The molecule has 1 aliphatic rings. The van der Waals surface area contributed by atoms with Gasteiger partial charge in [0, 0.05) is 6.54 Å². The number of imide groups is 1. The van der Waals surface area contributed by atoms with Gasteiger partial charge in [-0.1, -0.05) is 18.2 Å². The van der Waals surface area contributed by atoms with Crippen molar-refractivity contribution in [1.82, 2.24) is 15.5 Å². The number of hydrogen-bond acceptors (Lipinski definition) is 5. The van der Waals surface area contributed by atoms with Gasteiger partial charge in [-0.25, -0.2) is 9.18 Å². The zero-order valence-electron chi connectivity index (χ0n) is 17.9. The van der Waals surface area contributed by atoms with Crippen molar-refractivity contribution in [2.75, 3.05) is 20.2 Å². The molecule has 1 aliphatic heterocycles. The van der Waals surface area contributed by atoms with E-state index in [0.717, 1.165) is 4.90 Å². The lowest BCUT2D eigenvalue weighted by atomic mass is 9.92. The number of benzene rings is 2. The number of nitrogens with zero attached hydrogens (tertiary/aromatic N) is 1. The van der Waals surface area contributed by atoms with Crippen LogP contribution in [0.3, 0.4) is 0 Å². The molecule has 0 spiro atoms. The number of methoxy groups -OCH3 is 1. The highest BCUT2D eigenvalue weighted by atomic mass is 19.3. The minimum atomic E-state index is -2.99. The van der Waals surface area contributed by atoms with Gasteiger partial charge in [0.15, 0.2) is 11.5 Å². The highest BCUT2D eigenvalue weighted by Crippen LogP contribution is 2.30. The standard InChI is InChI=1S/C22H22F3N3O5/c1-22(14-4-6-15(23)7-5-14)19(30)28(21(31)27-22)12-18(29)26-10-9-13-3-8-16(33-20(24)25)17(11-13)32-2/h3-8,11,20H,9-10,12H2,1-2H3,(H,26,29)(H,27,31)/t22-/m1/s1. The monoisotopic (exact) mass is 465 g/mol. The van der Waals surface area contributed by atoms with Crippen LogP contribution in [0.4, 0.5) is 18.0 Å². The van der Waals surface area contributed by atoms with Crippen molar-refractivity contribution in [3.8, 4) is 11.5 Å². The lowest BCUT2D eigenvalue weighted by molar-refractivity contribution is -0.134. The Bertz CT molecular complexity index is 1050. The normalized spacial score (nSPS) is 17.8. The molecule has 8 nitrogen and oxygen atoms in total. The maximum atomic E-state index is 13.2. The molecule has 1 heterocycles. The van der Waals surface area contributed by atoms with Gasteiger partial charge in [-0.3, -0.25) is 14.5 Å². The number of carbonyl (C=O) groups is 3. The molecular weight excluding hydrogens is 443 g/mol. The molecule has 1 fully saturated rings. The van der Waals surface area contributed by atoms with E-state index in [-0.39, 0.29) is 18.0 Å². The SMILES string of the molecule is COc1cc(CCNC(=O)CN2C(=O)N[C@](C)(c3ccc(F)cc3)C2=O)ccc1OC(F)F. The Morgan fingerprint density at radius 3 is 2.48 bits per heavy atom. The van der Waals surface area contributed by atoms with E-state index in [4.69, 9.17) is 4.74 Å². The fourth-order valence-corrected chi connectivity index (χ4v) is 3.43. The van der Waals surface area contributed by atoms with Gasteiger partial charge >= 0.3 is 12.6 Å². The minimum absolute atomic E-state index is 0.108. The van der Waals surface area contributed by atoms with Crippen molar-refractivity contribution in [1.29, 1.82) is 0 Å². The number of amides is 4. The highest BCUT2D eigenvalue weighted by molar-refractivity contribution is 6.09. The first-order chi connectivity index (χ1) is 15.6. The van der Waals surface area contributed by atoms with Crippen LogP contribution in [0.1, 0.15) is 18.1 Å². The average Bonchev–Trinajstić information content (AvgIpc) is 2.98. The van der Waals surface area contributed by atoms with Gasteiger partial charge in [-0.15, -0.1) is 0 Å². The molecule has 11 heteroatoms. The van der Waals surface area contributed by atoms with Crippen LogP contribution in [-0.4, -0.2) is 49.6 Å². The third-order valence-electron chi connectivity index (χ3n) is 5.18. The Morgan fingerprint density at radius 1 is 1.15 bits per heavy atom. The van der Waals surface area contributed by atoms with Gasteiger partial charge < -0.3 is 20.1 Å². The second-order valence-electron chi connectivity index (χ2n) is 7.42. The Morgan fingerprint density at radius 2 is 1.85 bits per heavy atom. The molecule has 4 amide bonds. The first-order valence-corrected chi connectivity index (χ1v) is 9.92. The number of urea groups is 1. The van der Waals surface area contributed by atoms with Crippen LogP contribution in [-0.2, 0) is 21.5 Å². The molecule has 0 aliphatic carbocycles. The molecule has 2 aromatic rings. The predicted molar refractivity (Wildman–Crippen MR) is 110 cm³/mol. The van der Waals surface area contributed by atoms with E-state index < -0.39 is 42.4 Å². The summed E-state index contributed by atoms with van der Waals surface area (Å²) in [5, 5.41) is 5.14. The van der Waals surface area contributed by atoms with Crippen LogP contribution in [0.5, 0.6) is 11.5 Å². The van der Waals surface area contributed by atoms with E-state index >= 15 is 0 Å². The van der Waals surface area contributed by atoms with Gasteiger partial charge in [0.2, 0.25) is 5.91 Å². The topological polar surface area (TPSA) is 97.0 Å². The van der Waals surface area contributed by atoms with Crippen LogP contribution >= 0.6 is 0 Å². The number of ether oxygens (including phenoxy) is 2. The largest absolute Gasteiger partial charge is 0.493 e. The van der Waals surface area contributed by atoms with E-state index in [2.05, 4.69) is 15.4 Å². The number of carbonyl (C=O) groups excluding carboxylic acids is 3. The molecule has 2 aromatic carbocycles. The average molecular weight is 465 g/mol. The van der Waals surface area contributed by atoms with Crippen molar-refractivity contribution in [2.45, 2.75) is 25.5 Å². The molecular formula is C22H22F3N3O5. The van der Waals surface area contributed by atoms with E-state index in [1.54, 1.807) is 6.07 Å². The van der Waals surface area contributed by atoms with Crippen LogP contribution in [0.2, 0.25) is 0 Å². The summed E-state index contributed by atoms with van der Waals surface area (Å²) in [7, 11) is 1.32. The first-order valence-electron chi connectivity index (χ1n) is 9.92. The quantitative estimate of drug-likeness (QED) is 0.555. The maximum absolute atomic E-state index is 13.2. The fraction of sp³-hybridized carbons (Fsp3) is 0.318. The molecule has 33 heavy (non-hydrogen) atoms. The second kappa shape index (κ2) is 9.80. The Hall–Kier alpha value is -3.76. The van der Waals surface area contributed by atoms with Crippen LogP contribution < -0.4 is 20.1 Å². The zero-order valence-corrected chi connectivity index (χ0v) is 17.9. The third kappa shape index (κ3) is 5.36. The Kier molecular flexibility index (Phi) is 7.10. The van der Waals surface area contributed by atoms with Crippen molar-refractivity contribution in [3.05, 3.63) is 59.4 Å². The molecule has 176 valence electrons.